The van der Waals surface area contributed by atoms with E-state index >= 15 is 0 Å². The zero-order chi connectivity index (χ0) is 14.8. The Kier molecular flexibility index (Phi) is 3.67. The van der Waals surface area contributed by atoms with E-state index in [1.54, 1.807) is 0 Å². The summed E-state index contributed by atoms with van der Waals surface area (Å²) in [5, 5.41) is 12.4. The van der Waals surface area contributed by atoms with E-state index in [0.29, 0.717) is 12.0 Å². The lowest BCUT2D eigenvalue weighted by atomic mass is 9.96. The Balaban J connectivity index is 1.92. The quantitative estimate of drug-likeness (QED) is 0.756. The van der Waals surface area contributed by atoms with Crippen LogP contribution in [0.15, 0.2) is 60.7 Å². The van der Waals surface area contributed by atoms with Crippen molar-refractivity contribution in [2.24, 2.45) is 0 Å². The summed E-state index contributed by atoms with van der Waals surface area (Å²) in [4.78, 5) is 0. The molecule has 21 heavy (non-hydrogen) atoms. The smallest absolute Gasteiger partial charge is 0.159 e. The molecule has 0 heterocycles. The van der Waals surface area contributed by atoms with Gasteiger partial charge in [-0.25, -0.2) is 8.78 Å². The van der Waals surface area contributed by atoms with Crippen molar-refractivity contribution in [2.75, 3.05) is 0 Å². The molecule has 0 saturated heterocycles. The Labute approximate surface area is 121 Å². The van der Waals surface area contributed by atoms with Gasteiger partial charge < -0.3 is 5.11 Å². The fraction of sp³-hybridized carbons (Fsp3) is 0.111. The number of rotatable bonds is 3. The Morgan fingerprint density at radius 3 is 2.43 bits per heavy atom. The lowest BCUT2D eigenvalue weighted by Gasteiger charge is -2.13. The molecule has 0 bridgehead atoms. The SMILES string of the molecule is OC(Cc1cccc2ccccc12)c1ccc(F)c(F)c1. The van der Waals surface area contributed by atoms with Gasteiger partial charge in [0.25, 0.3) is 0 Å². The van der Waals surface area contributed by atoms with Crippen molar-refractivity contribution < 1.29 is 13.9 Å². The van der Waals surface area contributed by atoms with Gasteiger partial charge in [-0.3, -0.25) is 0 Å². The molecule has 3 aromatic rings. The molecule has 0 aromatic heterocycles. The summed E-state index contributed by atoms with van der Waals surface area (Å²) in [5.41, 5.74) is 1.35. The number of hydrogen-bond acceptors (Lipinski definition) is 1. The standard InChI is InChI=1S/C18H14F2O/c19-16-9-8-14(10-17(16)20)18(21)11-13-6-3-5-12-4-1-2-7-15(12)13/h1-10,18,21H,11H2. The summed E-state index contributed by atoms with van der Waals surface area (Å²) >= 11 is 0. The molecule has 0 saturated carbocycles. The number of fused-ring (bicyclic) bond motifs is 1. The van der Waals surface area contributed by atoms with Crippen molar-refractivity contribution in [1.29, 1.82) is 0 Å². The zero-order valence-corrected chi connectivity index (χ0v) is 11.3. The van der Waals surface area contributed by atoms with Crippen LogP contribution in [0.25, 0.3) is 10.8 Å². The fourth-order valence-corrected chi connectivity index (χ4v) is 2.52. The molecule has 0 radical (unpaired) electrons. The zero-order valence-electron chi connectivity index (χ0n) is 11.3. The predicted octanol–water partition coefficient (Wildman–Crippen LogP) is 4.39. The maximum absolute atomic E-state index is 13.2. The first-order valence-corrected chi connectivity index (χ1v) is 6.75. The predicted molar refractivity (Wildman–Crippen MR) is 79.0 cm³/mol. The monoisotopic (exact) mass is 284 g/mol. The number of aliphatic hydroxyl groups is 1. The van der Waals surface area contributed by atoms with Gasteiger partial charge >= 0.3 is 0 Å². The highest BCUT2D eigenvalue weighted by molar-refractivity contribution is 5.85. The lowest BCUT2D eigenvalue weighted by Crippen LogP contribution is -2.03. The number of benzene rings is 3. The van der Waals surface area contributed by atoms with Crippen LogP contribution in [0.4, 0.5) is 8.78 Å². The van der Waals surface area contributed by atoms with E-state index in [1.807, 2.05) is 42.5 Å². The molecule has 3 rings (SSSR count). The molecule has 0 spiro atoms. The van der Waals surface area contributed by atoms with E-state index in [0.717, 1.165) is 28.5 Å². The minimum atomic E-state index is -0.940. The summed E-state index contributed by atoms with van der Waals surface area (Å²) in [6.45, 7) is 0. The highest BCUT2D eigenvalue weighted by Crippen LogP contribution is 2.25. The third kappa shape index (κ3) is 2.78. The van der Waals surface area contributed by atoms with Gasteiger partial charge in [-0.1, -0.05) is 48.5 Å². The second-order valence-electron chi connectivity index (χ2n) is 5.03. The van der Waals surface area contributed by atoms with Crippen LogP contribution in [-0.2, 0) is 6.42 Å². The highest BCUT2D eigenvalue weighted by Gasteiger charge is 2.13. The van der Waals surface area contributed by atoms with Crippen LogP contribution in [0, 0.1) is 11.6 Å². The van der Waals surface area contributed by atoms with Crippen LogP contribution in [-0.4, -0.2) is 5.11 Å². The van der Waals surface area contributed by atoms with Crippen molar-refractivity contribution in [3.8, 4) is 0 Å². The van der Waals surface area contributed by atoms with Crippen LogP contribution in [0.3, 0.4) is 0 Å². The Morgan fingerprint density at radius 1 is 0.857 bits per heavy atom. The third-order valence-corrected chi connectivity index (χ3v) is 3.62. The van der Waals surface area contributed by atoms with Gasteiger partial charge in [0, 0.05) is 6.42 Å². The molecule has 3 heteroatoms. The molecule has 1 unspecified atom stereocenters. The normalized spacial score (nSPS) is 12.5. The average Bonchev–Trinajstić information content (AvgIpc) is 2.50. The van der Waals surface area contributed by atoms with E-state index in [2.05, 4.69) is 0 Å². The van der Waals surface area contributed by atoms with Crippen LogP contribution < -0.4 is 0 Å². The number of halogens is 2. The van der Waals surface area contributed by atoms with Crippen molar-refractivity contribution in [2.45, 2.75) is 12.5 Å². The molecule has 106 valence electrons. The lowest BCUT2D eigenvalue weighted by molar-refractivity contribution is 0.178. The molecule has 1 atom stereocenters. The minimum absolute atomic E-state index is 0.354. The van der Waals surface area contributed by atoms with Crippen LogP contribution in [0.5, 0.6) is 0 Å². The fourth-order valence-electron chi connectivity index (χ4n) is 2.52. The summed E-state index contributed by atoms with van der Waals surface area (Å²) in [6, 6.07) is 17.2. The summed E-state index contributed by atoms with van der Waals surface area (Å²) in [7, 11) is 0. The third-order valence-electron chi connectivity index (χ3n) is 3.62. The van der Waals surface area contributed by atoms with Crippen molar-refractivity contribution in [1.82, 2.24) is 0 Å². The highest BCUT2D eigenvalue weighted by atomic mass is 19.2. The Bertz CT molecular complexity index is 778. The first-order chi connectivity index (χ1) is 10.1. The second-order valence-corrected chi connectivity index (χ2v) is 5.03. The minimum Gasteiger partial charge on any atom is -0.388 e. The van der Waals surface area contributed by atoms with E-state index in [9.17, 15) is 13.9 Å². The van der Waals surface area contributed by atoms with Gasteiger partial charge in [-0.15, -0.1) is 0 Å². The molecule has 0 fully saturated rings. The van der Waals surface area contributed by atoms with E-state index in [4.69, 9.17) is 0 Å². The molecular weight excluding hydrogens is 270 g/mol. The molecule has 1 nitrogen and oxygen atoms in total. The molecule has 1 N–H and O–H groups in total. The molecule has 0 aliphatic rings. The van der Waals surface area contributed by atoms with Gasteiger partial charge in [0.2, 0.25) is 0 Å². The van der Waals surface area contributed by atoms with Gasteiger partial charge in [0.15, 0.2) is 11.6 Å². The van der Waals surface area contributed by atoms with Crippen molar-refractivity contribution in [3.05, 3.63) is 83.4 Å². The van der Waals surface area contributed by atoms with Gasteiger partial charge in [0.05, 0.1) is 6.10 Å². The van der Waals surface area contributed by atoms with E-state index < -0.39 is 17.7 Å². The average molecular weight is 284 g/mol. The summed E-state index contributed by atoms with van der Waals surface area (Å²) < 4.78 is 26.2. The van der Waals surface area contributed by atoms with Crippen LogP contribution in [0.2, 0.25) is 0 Å². The number of hydrogen-bond donors (Lipinski definition) is 1. The van der Waals surface area contributed by atoms with Crippen LogP contribution >= 0.6 is 0 Å². The van der Waals surface area contributed by atoms with Gasteiger partial charge in [-0.2, -0.15) is 0 Å². The van der Waals surface area contributed by atoms with Crippen molar-refractivity contribution >= 4 is 10.8 Å². The largest absolute Gasteiger partial charge is 0.388 e. The van der Waals surface area contributed by atoms with Gasteiger partial charge in [-0.05, 0) is 34.0 Å². The summed E-state index contributed by atoms with van der Waals surface area (Å²) in [5.74, 6) is -1.85. The summed E-state index contributed by atoms with van der Waals surface area (Å²) in [6.07, 6.45) is -0.516. The Hall–Kier alpha value is -2.26. The Morgan fingerprint density at radius 2 is 1.62 bits per heavy atom. The molecule has 3 aromatic carbocycles. The first kappa shape index (κ1) is 13.7. The first-order valence-electron chi connectivity index (χ1n) is 6.75. The van der Waals surface area contributed by atoms with E-state index in [1.165, 1.54) is 6.07 Å². The second kappa shape index (κ2) is 5.62. The molecule has 0 aliphatic heterocycles. The topological polar surface area (TPSA) is 20.2 Å². The molecule has 0 aliphatic carbocycles. The van der Waals surface area contributed by atoms with Gasteiger partial charge in [0.1, 0.15) is 0 Å². The maximum atomic E-state index is 13.2. The van der Waals surface area contributed by atoms with Crippen molar-refractivity contribution in [3.63, 3.8) is 0 Å². The maximum Gasteiger partial charge on any atom is 0.159 e. The van der Waals surface area contributed by atoms with Crippen LogP contribution in [0.1, 0.15) is 17.2 Å². The molecule has 0 amide bonds. The van der Waals surface area contributed by atoms with E-state index in [-0.39, 0.29) is 0 Å². The number of aliphatic hydroxyl groups excluding tert-OH is 1. The molecular formula is C18H14F2O.